The van der Waals surface area contributed by atoms with Gasteiger partial charge < -0.3 is 5.32 Å². The van der Waals surface area contributed by atoms with E-state index in [1.165, 1.54) is 32.2 Å². The van der Waals surface area contributed by atoms with Crippen molar-refractivity contribution in [3.05, 3.63) is 34.4 Å². The molecule has 0 fully saturated rings. The minimum Gasteiger partial charge on any atom is -0.358 e. The molecule has 98 valence electrons. The van der Waals surface area contributed by atoms with Crippen molar-refractivity contribution < 1.29 is 18.1 Å². The van der Waals surface area contributed by atoms with Gasteiger partial charge in [0.05, 0.1) is 9.82 Å². The standard InChI is InChI=1S/C10H12N2O5S/c1-7(10(13)11-2)18(16,17)9-5-3-4-8(6-9)12(14)15/h3-7H,1-2H3,(H,11,13). The molecule has 0 saturated heterocycles. The SMILES string of the molecule is CNC(=O)C(C)S(=O)(=O)c1cccc([N+](=O)[O-])c1. The third kappa shape index (κ3) is 2.65. The fourth-order valence-electron chi connectivity index (χ4n) is 1.32. The summed E-state index contributed by atoms with van der Waals surface area (Å²) < 4.78 is 24.0. The van der Waals surface area contributed by atoms with Crippen LogP contribution < -0.4 is 5.32 Å². The third-order valence-electron chi connectivity index (χ3n) is 2.44. The third-order valence-corrected chi connectivity index (χ3v) is 4.49. The van der Waals surface area contributed by atoms with E-state index in [0.717, 1.165) is 6.07 Å². The van der Waals surface area contributed by atoms with Gasteiger partial charge in [-0.05, 0) is 13.0 Å². The average Bonchev–Trinajstić information content (AvgIpc) is 2.36. The minimum atomic E-state index is -3.92. The zero-order valence-corrected chi connectivity index (χ0v) is 10.6. The average molecular weight is 272 g/mol. The highest BCUT2D eigenvalue weighted by Crippen LogP contribution is 2.21. The molecule has 1 unspecified atom stereocenters. The van der Waals surface area contributed by atoms with Gasteiger partial charge in [0.15, 0.2) is 9.84 Å². The Balaban J connectivity index is 3.25. The Morgan fingerprint density at radius 1 is 1.44 bits per heavy atom. The number of nitrogens with zero attached hydrogens (tertiary/aromatic N) is 1. The zero-order valence-electron chi connectivity index (χ0n) is 9.78. The minimum absolute atomic E-state index is 0.243. The summed E-state index contributed by atoms with van der Waals surface area (Å²) in [5.41, 5.74) is -0.333. The molecule has 1 aromatic rings. The van der Waals surface area contributed by atoms with Gasteiger partial charge in [-0.2, -0.15) is 0 Å². The van der Waals surface area contributed by atoms with Crippen LogP contribution in [0.1, 0.15) is 6.92 Å². The molecule has 1 amide bonds. The van der Waals surface area contributed by atoms with E-state index >= 15 is 0 Å². The maximum Gasteiger partial charge on any atom is 0.270 e. The second-order valence-electron chi connectivity index (χ2n) is 3.56. The maximum atomic E-state index is 12.0. The first kappa shape index (κ1) is 14.1. The van der Waals surface area contributed by atoms with Crippen molar-refractivity contribution in [2.45, 2.75) is 17.1 Å². The number of nitro benzene ring substituents is 1. The number of carbonyl (C=O) groups excluding carboxylic acids is 1. The van der Waals surface area contributed by atoms with Crippen molar-refractivity contribution >= 4 is 21.4 Å². The van der Waals surface area contributed by atoms with Gasteiger partial charge in [-0.25, -0.2) is 8.42 Å². The van der Waals surface area contributed by atoms with Crippen LogP contribution in [0, 0.1) is 10.1 Å². The second kappa shape index (κ2) is 5.13. The summed E-state index contributed by atoms with van der Waals surface area (Å²) in [5.74, 6) is -0.665. The highest BCUT2D eigenvalue weighted by molar-refractivity contribution is 7.92. The maximum absolute atomic E-state index is 12.0. The summed E-state index contributed by atoms with van der Waals surface area (Å²) in [6.07, 6.45) is 0. The molecular weight excluding hydrogens is 260 g/mol. The number of hydrogen-bond donors (Lipinski definition) is 1. The Kier molecular flexibility index (Phi) is 4.02. The molecule has 0 aliphatic carbocycles. The highest BCUT2D eigenvalue weighted by Gasteiger charge is 2.29. The first-order valence-electron chi connectivity index (χ1n) is 5.00. The molecular formula is C10H12N2O5S. The molecule has 18 heavy (non-hydrogen) atoms. The number of sulfone groups is 1. The number of hydrogen-bond acceptors (Lipinski definition) is 5. The van der Waals surface area contributed by atoms with Crippen LogP contribution in [0.2, 0.25) is 0 Å². The number of benzene rings is 1. The van der Waals surface area contributed by atoms with Gasteiger partial charge >= 0.3 is 0 Å². The smallest absolute Gasteiger partial charge is 0.270 e. The van der Waals surface area contributed by atoms with Crippen molar-refractivity contribution in [1.29, 1.82) is 0 Å². The van der Waals surface area contributed by atoms with Gasteiger partial charge in [0.1, 0.15) is 5.25 Å². The largest absolute Gasteiger partial charge is 0.358 e. The van der Waals surface area contributed by atoms with E-state index in [9.17, 15) is 23.3 Å². The normalized spacial score (nSPS) is 12.8. The highest BCUT2D eigenvalue weighted by atomic mass is 32.2. The van der Waals surface area contributed by atoms with E-state index < -0.39 is 25.9 Å². The summed E-state index contributed by atoms with van der Waals surface area (Å²) in [5, 5.41) is 11.5. The van der Waals surface area contributed by atoms with Crippen LogP contribution in [0.3, 0.4) is 0 Å². The predicted octanol–water partition coefficient (Wildman–Crippen LogP) is 0.503. The van der Waals surface area contributed by atoms with Crippen molar-refractivity contribution in [2.75, 3.05) is 7.05 Å². The van der Waals surface area contributed by atoms with E-state index in [4.69, 9.17) is 0 Å². The molecule has 1 rings (SSSR count). The molecule has 1 atom stereocenters. The van der Waals surface area contributed by atoms with E-state index in [0.29, 0.717) is 0 Å². The first-order chi connectivity index (χ1) is 8.30. The number of non-ortho nitro benzene ring substituents is 1. The monoisotopic (exact) mass is 272 g/mol. The lowest BCUT2D eigenvalue weighted by Gasteiger charge is -2.11. The Labute approximate surface area is 104 Å². The zero-order chi connectivity index (χ0) is 13.9. The second-order valence-corrected chi connectivity index (χ2v) is 5.82. The van der Waals surface area contributed by atoms with E-state index in [-0.39, 0.29) is 10.6 Å². The molecule has 0 saturated carbocycles. The van der Waals surface area contributed by atoms with Crippen LogP contribution in [0.15, 0.2) is 29.2 Å². The van der Waals surface area contributed by atoms with Gasteiger partial charge in [-0.1, -0.05) is 6.07 Å². The molecule has 0 heterocycles. The van der Waals surface area contributed by atoms with Crippen LogP contribution in [-0.4, -0.2) is 31.5 Å². The molecule has 0 spiro atoms. The fourth-order valence-corrected chi connectivity index (χ4v) is 2.68. The molecule has 0 aliphatic heterocycles. The summed E-state index contributed by atoms with van der Waals surface area (Å²) >= 11 is 0. The molecule has 7 nitrogen and oxygen atoms in total. The van der Waals surface area contributed by atoms with Crippen molar-refractivity contribution in [3.8, 4) is 0 Å². The molecule has 1 aromatic carbocycles. The molecule has 1 N–H and O–H groups in total. The molecule has 0 aliphatic rings. The van der Waals surface area contributed by atoms with Crippen LogP contribution in [0.5, 0.6) is 0 Å². The van der Waals surface area contributed by atoms with Crippen molar-refractivity contribution in [1.82, 2.24) is 5.32 Å². The van der Waals surface area contributed by atoms with Crippen LogP contribution >= 0.6 is 0 Å². The summed E-state index contributed by atoms with van der Waals surface area (Å²) in [4.78, 5) is 21.0. The lowest BCUT2D eigenvalue weighted by Crippen LogP contribution is -2.35. The van der Waals surface area contributed by atoms with Crippen LogP contribution in [-0.2, 0) is 14.6 Å². The van der Waals surface area contributed by atoms with Crippen LogP contribution in [0.25, 0.3) is 0 Å². The lowest BCUT2D eigenvalue weighted by molar-refractivity contribution is -0.385. The summed E-state index contributed by atoms with van der Waals surface area (Å²) in [7, 11) is -2.60. The Morgan fingerprint density at radius 3 is 2.56 bits per heavy atom. The molecule has 0 aromatic heterocycles. The number of rotatable bonds is 4. The fraction of sp³-hybridized carbons (Fsp3) is 0.300. The van der Waals surface area contributed by atoms with Gasteiger partial charge in [-0.3, -0.25) is 14.9 Å². The quantitative estimate of drug-likeness (QED) is 0.634. The molecule has 0 bridgehead atoms. The van der Waals surface area contributed by atoms with Crippen molar-refractivity contribution in [3.63, 3.8) is 0 Å². The number of carbonyl (C=O) groups is 1. The Bertz CT molecular complexity index is 582. The number of amides is 1. The van der Waals surface area contributed by atoms with E-state index in [1.54, 1.807) is 0 Å². The number of nitro groups is 1. The van der Waals surface area contributed by atoms with Gasteiger partial charge in [-0.15, -0.1) is 0 Å². The van der Waals surface area contributed by atoms with E-state index in [1.807, 2.05) is 0 Å². The van der Waals surface area contributed by atoms with Gasteiger partial charge in [0, 0.05) is 19.2 Å². The topological polar surface area (TPSA) is 106 Å². The van der Waals surface area contributed by atoms with Crippen molar-refractivity contribution in [2.24, 2.45) is 0 Å². The lowest BCUT2D eigenvalue weighted by atomic mass is 10.3. The van der Waals surface area contributed by atoms with Gasteiger partial charge in [0.25, 0.3) is 5.69 Å². The predicted molar refractivity (Wildman–Crippen MR) is 63.8 cm³/mol. The summed E-state index contributed by atoms with van der Waals surface area (Å²) in [6, 6.07) is 4.61. The Morgan fingerprint density at radius 2 is 2.06 bits per heavy atom. The number of nitrogens with one attached hydrogen (secondary N) is 1. The van der Waals surface area contributed by atoms with Crippen LogP contribution in [0.4, 0.5) is 5.69 Å². The summed E-state index contributed by atoms with van der Waals surface area (Å²) in [6.45, 7) is 1.23. The van der Waals surface area contributed by atoms with E-state index in [2.05, 4.69) is 5.32 Å². The first-order valence-corrected chi connectivity index (χ1v) is 6.55. The van der Waals surface area contributed by atoms with Gasteiger partial charge in [0.2, 0.25) is 5.91 Å². The Hall–Kier alpha value is -1.96. The molecule has 0 radical (unpaired) electrons. The molecule has 8 heteroatoms.